The highest BCUT2D eigenvalue weighted by molar-refractivity contribution is 5.98. The van der Waals surface area contributed by atoms with E-state index in [1.165, 1.54) is 0 Å². The lowest BCUT2D eigenvalue weighted by molar-refractivity contribution is -0.145. The lowest BCUT2D eigenvalue weighted by atomic mass is 9.81. The highest BCUT2D eigenvalue weighted by atomic mass is 16.5. The quantitative estimate of drug-likeness (QED) is 0.814. The van der Waals surface area contributed by atoms with Crippen LogP contribution in [0, 0.1) is 6.92 Å². The van der Waals surface area contributed by atoms with Gasteiger partial charge in [0, 0.05) is 12.5 Å². The lowest BCUT2D eigenvalue weighted by Gasteiger charge is -2.34. The number of hydrogen-bond acceptors (Lipinski definition) is 6. The number of carbonyl (C=O) groups excluding carboxylic acids is 1. The number of aliphatic carboxylic acids is 1. The van der Waals surface area contributed by atoms with Gasteiger partial charge >= 0.3 is 5.97 Å². The number of aryl methyl sites for hydroxylation is 1. The molecule has 1 aromatic heterocycles. The van der Waals surface area contributed by atoms with Crippen molar-refractivity contribution in [2.24, 2.45) is 0 Å². The van der Waals surface area contributed by atoms with Crippen molar-refractivity contribution in [2.45, 2.75) is 51.2 Å². The van der Waals surface area contributed by atoms with Gasteiger partial charge in [0.2, 0.25) is 11.7 Å². The molecule has 1 fully saturated rings. The van der Waals surface area contributed by atoms with Crippen molar-refractivity contribution in [3.05, 3.63) is 41.5 Å². The first kappa shape index (κ1) is 17.9. The minimum atomic E-state index is -1.19. The van der Waals surface area contributed by atoms with Crippen LogP contribution in [0.1, 0.15) is 54.2 Å². The molecule has 26 heavy (non-hydrogen) atoms. The van der Waals surface area contributed by atoms with Crippen LogP contribution in [0.15, 0.2) is 28.8 Å². The number of ether oxygens (including phenoxy) is 1. The molecule has 1 aliphatic carbocycles. The number of benzene rings is 1. The summed E-state index contributed by atoms with van der Waals surface area (Å²) in [6.45, 7) is 1.80. The maximum Gasteiger partial charge on any atom is 0.329 e. The van der Waals surface area contributed by atoms with Crippen molar-refractivity contribution in [1.82, 2.24) is 15.5 Å². The van der Waals surface area contributed by atoms with E-state index in [4.69, 9.17) is 9.26 Å². The molecule has 0 atom stereocenters. The minimum Gasteiger partial charge on any atom is -0.485 e. The van der Waals surface area contributed by atoms with Crippen LogP contribution in [0.25, 0.3) is 0 Å². The highest BCUT2D eigenvalue weighted by Crippen LogP contribution is 2.29. The molecule has 1 amide bonds. The van der Waals surface area contributed by atoms with Crippen LogP contribution >= 0.6 is 0 Å². The number of carbonyl (C=O) groups is 2. The van der Waals surface area contributed by atoms with Crippen LogP contribution in [0.5, 0.6) is 5.75 Å². The fourth-order valence-electron chi connectivity index (χ4n) is 3.11. The highest BCUT2D eigenvalue weighted by Gasteiger charge is 2.41. The van der Waals surface area contributed by atoms with E-state index in [0.717, 1.165) is 19.3 Å². The monoisotopic (exact) mass is 359 g/mol. The van der Waals surface area contributed by atoms with E-state index in [-0.39, 0.29) is 6.61 Å². The Labute approximate surface area is 150 Å². The molecule has 0 bridgehead atoms. The Morgan fingerprint density at radius 3 is 2.73 bits per heavy atom. The van der Waals surface area contributed by atoms with E-state index in [9.17, 15) is 14.7 Å². The summed E-state index contributed by atoms with van der Waals surface area (Å²) in [4.78, 5) is 28.3. The van der Waals surface area contributed by atoms with Gasteiger partial charge in [-0.1, -0.05) is 30.5 Å². The normalized spacial score (nSPS) is 16.0. The summed E-state index contributed by atoms with van der Waals surface area (Å²) in [6, 6.07) is 6.58. The maximum absolute atomic E-state index is 12.6. The predicted octanol–water partition coefficient (Wildman–Crippen LogP) is 2.47. The number of amides is 1. The molecule has 2 N–H and O–H groups in total. The fourth-order valence-corrected chi connectivity index (χ4v) is 3.11. The maximum atomic E-state index is 12.6. The third kappa shape index (κ3) is 4.01. The van der Waals surface area contributed by atoms with Gasteiger partial charge in [-0.25, -0.2) is 4.79 Å². The molecule has 1 aromatic carbocycles. The summed E-state index contributed by atoms with van der Waals surface area (Å²) in [5.41, 5.74) is -0.841. The number of hydrogen-bond donors (Lipinski definition) is 2. The minimum absolute atomic E-state index is 0.113. The van der Waals surface area contributed by atoms with Gasteiger partial charge < -0.3 is 19.7 Å². The van der Waals surface area contributed by atoms with Crippen LogP contribution in [-0.4, -0.2) is 32.7 Å². The Morgan fingerprint density at radius 1 is 1.31 bits per heavy atom. The van der Waals surface area contributed by atoms with Crippen LogP contribution in [-0.2, 0) is 11.4 Å². The molecule has 1 saturated carbocycles. The van der Waals surface area contributed by atoms with Crippen LogP contribution < -0.4 is 10.1 Å². The van der Waals surface area contributed by atoms with Gasteiger partial charge in [0.05, 0.1) is 0 Å². The number of nitrogens with zero attached hydrogens (tertiary/aromatic N) is 2. The average molecular weight is 359 g/mol. The molecule has 2 aromatic rings. The molecule has 0 saturated heterocycles. The van der Waals surface area contributed by atoms with Crippen molar-refractivity contribution in [2.75, 3.05) is 0 Å². The van der Waals surface area contributed by atoms with Crippen molar-refractivity contribution in [3.63, 3.8) is 0 Å². The van der Waals surface area contributed by atoms with Crippen LogP contribution in [0.3, 0.4) is 0 Å². The summed E-state index contributed by atoms with van der Waals surface area (Å²) in [6.07, 6.45) is 3.46. The third-order valence-corrected chi connectivity index (χ3v) is 4.50. The zero-order valence-corrected chi connectivity index (χ0v) is 14.5. The zero-order valence-electron chi connectivity index (χ0n) is 14.5. The molecule has 8 nitrogen and oxygen atoms in total. The Bertz CT molecular complexity index is 796. The Hall–Kier alpha value is -2.90. The van der Waals surface area contributed by atoms with E-state index >= 15 is 0 Å². The van der Waals surface area contributed by atoms with Gasteiger partial charge in [-0.2, -0.15) is 4.98 Å². The summed E-state index contributed by atoms with van der Waals surface area (Å²) in [7, 11) is 0. The number of nitrogens with one attached hydrogen (secondary N) is 1. The molecule has 0 radical (unpaired) electrons. The second-order valence-electron chi connectivity index (χ2n) is 6.45. The largest absolute Gasteiger partial charge is 0.485 e. The summed E-state index contributed by atoms with van der Waals surface area (Å²) >= 11 is 0. The average Bonchev–Trinajstić information content (AvgIpc) is 3.06. The summed E-state index contributed by atoms with van der Waals surface area (Å²) in [5.74, 6) is -0.0821. The number of aromatic nitrogens is 2. The number of rotatable bonds is 6. The summed E-state index contributed by atoms with van der Waals surface area (Å²) in [5, 5.41) is 16.0. The molecule has 8 heteroatoms. The van der Waals surface area contributed by atoms with Gasteiger partial charge in [0.25, 0.3) is 5.91 Å². The molecule has 1 aliphatic rings. The molecule has 1 heterocycles. The first-order valence-corrected chi connectivity index (χ1v) is 8.56. The van der Waals surface area contributed by atoms with E-state index < -0.39 is 17.4 Å². The van der Waals surface area contributed by atoms with Gasteiger partial charge in [0.15, 0.2) is 6.61 Å². The van der Waals surface area contributed by atoms with E-state index in [2.05, 4.69) is 15.5 Å². The number of carboxylic acid groups (broad SMARTS) is 1. The van der Waals surface area contributed by atoms with Crippen molar-refractivity contribution in [3.8, 4) is 5.75 Å². The van der Waals surface area contributed by atoms with Crippen LogP contribution in [0.4, 0.5) is 0 Å². The van der Waals surface area contributed by atoms with Gasteiger partial charge in [-0.15, -0.1) is 0 Å². The zero-order chi connectivity index (χ0) is 18.6. The molecule has 0 spiro atoms. The van der Waals surface area contributed by atoms with Gasteiger partial charge in [-0.05, 0) is 31.0 Å². The van der Waals surface area contributed by atoms with E-state index in [1.807, 2.05) is 0 Å². The van der Waals surface area contributed by atoms with E-state index in [1.54, 1.807) is 31.2 Å². The van der Waals surface area contributed by atoms with Crippen LogP contribution in [0.2, 0.25) is 0 Å². The first-order chi connectivity index (χ1) is 12.5. The van der Waals surface area contributed by atoms with Crippen molar-refractivity contribution in [1.29, 1.82) is 0 Å². The molecule has 3 rings (SSSR count). The Morgan fingerprint density at radius 2 is 2.08 bits per heavy atom. The van der Waals surface area contributed by atoms with E-state index in [0.29, 0.717) is 35.9 Å². The van der Waals surface area contributed by atoms with Crippen molar-refractivity contribution >= 4 is 11.9 Å². The third-order valence-electron chi connectivity index (χ3n) is 4.50. The van der Waals surface area contributed by atoms with Gasteiger partial charge in [0.1, 0.15) is 11.3 Å². The second kappa shape index (κ2) is 7.55. The smallest absolute Gasteiger partial charge is 0.329 e. The predicted molar refractivity (Wildman–Crippen MR) is 90.7 cm³/mol. The topological polar surface area (TPSA) is 115 Å². The fraction of sp³-hybridized carbons (Fsp3) is 0.444. The molecule has 138 valence electrons. The Kier molecular flexibility index (Phi) is 5.20. The molecular weight excluding hydrogens is 338 g/mol. The SMILES string of the molecule is Cc1nc(COc2cccc(C(=O)NC3(C(=O)O)CCCCC3)c2)no1. The first-order valence-electron chi connectivity index (χ1n) is 8.56. The number of carboxylic acids is 1. The molecular formula is C18H21N3O5. The van der Waals surface area contributed by atoms with Crippen molar-refractivity contribution < 1.29 is 24.0 Å². The standard InChI is InChI=1S/C18H21N3O5/c1-12-19-15(21-26-12)11-25-14-7-5-6-13(10-14)16(22)20-18(17(23)24)8-3-2-4-9-18/h5-7,10H,2-4,8-9,11H2,1H3,(H,20,22)(H,23,24). The summed E-state index contributed by atoms with van der Waals surface area (Å²) < 4.78 is 10.4. The second-order valence-corrected chi connectivity index (χ2v) is 6.45. The molecule has 0 aliphatic heterocycles. The lowest BCUT2D eigenvalue weighted by Crippen LogP contribution is -2.55. The Balaban J connectivity index is 1.68. The van der Waals surface area contributed by atoms with Gasteiger partial charge in [-0.3, -0.25) is 4.79 Å². The molecule has 0 unspecified atom stereocenters.